The van der Waals surface area contributed by atoms with Gasteiger partial charge in [0.25, 0.3) is 0 Å². The summed E-state index contributed by atoms with van der Waals surface area (Å²) in [5.74, 6) is -0.234. The Hall–Kier alpha value is -1.70. The molecule has 1 amide bonds. The molecule has 0 aliphatic rings. The molecule has 0 bridgehead atoms. The molecule has 2 aromatic heterocycles. The van der Waals surface area contributed by atoms with Gasteiger partial charge in [0.05, 0.1) is 16.0 Å². The summed E-state index contributed by atoms with van der Waals surface area (Å²) in [5.41, 5.74) is 8.07. The van der Waals surface area contributed by atoms with Crippen LogP contribution in [0.5, 0.6) is 0 Å². The number of benzene rings is 1. The van der Waals surface area contributed by atoms with E-state index >= 15 is 0 Å². The van der Waals surface area contributed by atoms with E-state index in [-0.39, 0.29) is 5.91 Å². The Morgan fingerprint density at radius 2 is 2.29 bits per heavy atom. The lowest BCUT2D eigenvalue weighted by atomic mass is 10.1. The van der Waals surface area contributed by atoms with E-state index in [1.54, 1.807) is 6.20 Å². The van der Waals surface area contributed by atoms with E-state index in [1.807, 2.05) is 30.5 Å². The second-order valence-corrected chi connectivity index (χ2v) is 7.04. The first-order valence-electron chi connectivity index (χ1n) is 6.36. The van der Waals surface area contributed by atoms with Crippen molar-refractivity contribution in [1.82, 2.24) is 9.97 Å². The number of anilines is 1. The topological polar surface area (TPSA) is 83.8 Å². The van der Waals surface area contributed by atoms with Gasteiger partial charge < -0.3 is 16.0 Å². The minimum atomic E-state index is -0.619. The average molecular weight is 365 g/mol. The Bertz CT molecular complexity index is 782. The van der Waals surface area contributed by atoms with Crippen LogP contribution in [0.1, 0.15) is 5.56 Å². The Balaban J connectivity index is 1.70. The SMILES string of the molecule is NC(Cc1c[nH]c2ccccc12)C(=O)Nc1ncc(Br)s1. The smallest absolute Gasteiger partial charge is 0.243 e. The fourth-order valence-corrected chi connectivity index (χ4v) is 3.25. The number of nitrogens with zero attached hydrogens (tertiary/aromatic N) is 1. The second kappa shape index (κ2) is 5.97. The Morgan fingerprint density at radius 3 is 3.05 bits per heavy atom. The molecule has 0 saturated heterocycles. The van der Waals surface area contributed by atoms with Crippen LogP contribution < -0.4 is 11.1 Å². The van der Waals surface area contributed by atoms with Crippen molar-refractivity contribution >= 4 is 49.2 Å². The number of carbonyl (C=O) groups is 1. The monoisotopic (exact) mass is 364 g/mol. The summed E-state index contributed by atoms with van der Waals surface area (Å²) in [5, 5.41) is 4.36. The first-order valence-corrected chi connectivity index (χ1v) is 7.97. The number of nitrogens with one attached hydrogen (secondary N) is 2. The second-order valence-electron chi connectivity index (χ2n) is 4.63. The summed E-state index contributed by atoms with van der Waals surface area (Å²) < 4.78 is 0.864. The predicted molar refractivity (Wildman–Crippen MR) is 88.4 cm³/mol. The summed E-state index contributed by atoms with van der Waals surface area (Å²) in [6, 6.07) is 7.33. The van der Waals surface area contributed by atoms with E-state index in [4.69, 9.17) is 5.73 Å². The van der Waals surface area contributed by atoms with Gasteiger partial charge >= 0.3 is 0 Å². The number of halogens is 1. The van der Waals surface area contributed by atoms with E-state index in [2.05, 4.69) is 31.2 Å². The molecular formula is C14H13BrN4OS. The fourth-order valence-electron chi connectivity index (χ4n) is 2.14. The number of nitrogens with two attached hydrogens (primary N) is 1. The third-order valence-electron chi connectivity index (χ3n) is 3.16. The standard InChI is InChI=1S/C14H13BrN4OS/c15-12-7-18-14(21-12)19-13(20)10(16)5-8-6-17-11-4-2-1-3-9(8)11/h1-4,6-7,10,17H,5,16H2,(H,18,19,20). The lowest BCUT2D eigenvalue weighted by Crippen LogP contribution is -2.37. The zero-order chi connectivity index (χ0) is 14.8. The van der Waals surface area contributed by atoms with Crippen LogP contribution in [0.15, 0.2) is 40.4 Å². The molecule has 3 aromatic rings. The highest BCUT2D eigenvalue weighted by atomic mass is 79.9. The highest BCUT2D eigenvalue weighted by molar-refractivity contribution is 9.11. The Kier molecular flexibility index (Phi) is 4.05. The van der Waals surface area contributed by atoms with Crippen molar-refractivity contribution in [2.75, 3.05) is 5.32 Å². The number of fused-ring (bicyclic) bond motifs is 1. The Morgan fingerprint density at radius 1 is 1.48 bits per heavy atom. The molecule has 5 nitrogen and oxygen atoms in total. The molecule has 1 atom stereocenters. The Labute approximate surface area is 133 Å². The van der Waals surface area contributed by atoms with E-state index in [9.17, 15) is 4.79 Å². The summed E-state index contributed by atoms with van der Waals surface area (Å²) in [6.45, 7) is 0. The quantitative estimate of drug-likeness (QED) is 0.665. The predicted octanol–water partition coefficient (Wildman–Crippen LogP) is 2.90. The van der Waals surface area contributed by atoms with Crippen molar-refractivity contribution in [3.63, 3.8) is 0 Å². The summed E-state index contributed by atoms with van der Waals surface area (Å²) in [7, 11) is 0. The van der Waals surface area contributed by atoms with Gasteiger partial charge in [0.2, 0.25) is 5.91 Å². The number of aromatic amines is 1. The van der Waals surface area contributed by atoms with Gasteiger partial charge in [-0.25, -0.2) is 4.98 Å². The number of para-hydroxylation sites is 1. The van der Waals surface area contributed by atoms with E-state index in [1.165, 1.54) is 11.3 Å². The number of hydrogen-bond donors (Lipinski definition) is 3. The molecule has 0 saturated carbocycles. The minimum Gasteiger partial charge on any atom is -0.361 e. The van der Waals surface area contributed by atoms with Gasteiger partial charge in [0.15, 0.2) is 5.13 Å². The van der Waals surface area contributed by atoms with Gasteiger partial charge in [-0.1, -0.05) is 29.5 Å². The number of rotatable bonds is 4. The molecule has 1 unspecified atom stereocenters. The maximum atomic E-state index is 12.1. The van der Waals surface area contributed by atoms with Crippen molar-refractivity contribution < 1.29 is 4.79 Å². The van der Waals surface area contributed by atoms with Gasteiger partial charge in [0, 0.05) is 17.1 Å². The van der Waals surface area contributed by atoms with Crippen molar-refractivity contribution in [1.29, 1.82) is 0 Å². The molecule has 7 heteroatoms. The highest BCUT2D eigenvalue weighted by Gasteiger charge is 2.17. The molecule has 3 rings (SSSR count). The van der Waals surface area contributed by atoms with E-state index in [0.29, 0.717) is 11.6 Å². The summed E-state index contributed by atoms with van der Waals surface area (Å²) in [4.78, 5) is 19.3. The van der Waals surface area contributed by atoms with Gasteiger partial charge in [-0.2, -0.15) is 0 Å². The van der Waals surface area contributed by atoms with E-state index < -0.39 is 6.04 Å². The normalized spacial score (nSPS) is 12.5. The number of H-pyrrole nitrogens is 1. The summed E-state index contributed by atoms with van der Waals surface area (Å²) >= 11 is 4.66. The lowest BCUT2D eigenvalue weighted by Gasteiger charge is -2.10. The molecule has 2 heterocycles. The van der Waals surface area contributed by atoms with Crippen LogP contribution in [0, 0.1) is 0 Å². The van der Waals surface area contributed by atoms with Gasteiger partial charge in [-0.15, -0.1) is 0 Å². The van der Waals surface area contributed by atoms with Gasteiger partial charge in [0.1, 0.15) is 0 Å². The first kappa shape index (κ1) is 14.2. The number of hydrogen-bond acceptors (Lipinski definition) is 4. The number of thiazole rings is 1. The molecule has 0 fully saturated rings. The number of carbonyl (C=O) groups excluding carboxylic acids is 1. The van der Waals surface area contributed by atoms with Crippen LogP contribution >= 0.6 is 27.3 Å². The zero-order valence-electron chi connectivity index (χ0n) is 11.0. The van der Waals surface area contributed by atoms with Crippen LogP contribution in [0.3, 0.4) is 0 Å². The van der Waals surface area contributed by atoms with Gasteiger partial charge in [-0.3, -0.25) is 4.79 Å². The van der Waals surface area contributed by atoms with Gasteiger partial charge in [-0.05, 0) is 34.0 Å². The molecule has 1 aromatic carbocycles. The molecule has 4 N–H and O–H groups in total. The molecule has 21 heavy (non-hydrogen) atoms. The molecule has 0 radical (unpaired) electrons. The maximum Gasteiger partial charge on any atom is 0.243 e. The maximum absolute atomic E-state index is 12.1. The van der Waals surface area contributed by atoms with E-state index in [0.717, 1.165) is 20.3 Å². The fraction of sp³-hybridized carbons (Fsp3) is 0.143. The van der Waals surface area contributed by atoms with Crippen LogP contribution in [0.25, 0.3) is 10.9 Å². The third-order valence-corrected chi connectivity index (χ3v) is 4.55. The number of amides is 1. The van der Waals surface area contributed by atoms with Crippen LogP contribution in [0.4, 0.5) is 5.13 Å². The highest BCUT2D eigenvalue weighted by Crippen LogP contribution is 2.23. The average Bonchev–Trinajstić information content (AvgIpc) is 3.06. The molecular weight excluding hydrogens is 352 g/mol. The number of aromatic nitrogens is 2. The molecule has 108 valence electrons. The zero-order valence-corrected chi connectivity index (χ0v) is 13.4. The minimum absolute atomic E-state index is 0.234. The van der Waals surface area contributed by atoms with Crippen LogP contribution in [-0.4, -0.2) is 21.9 Å². The van der Waals surface area contributed by atoms with Crippen molar-refractivity contribution in [2.24, 2.45) is 5.73 Å². The van der Waals surface area contributed by atoms with Crippen LogP contribution in [-0.2, 0) is 11.2 Å². The van der Waals surface area contributed by atoms with Crippen LogP contribution in [0.2, 0.25) is 0 Å². The first-order chi connectivity index (χ1) is 10.1. The van der Waals surface area contributed by atoms with Crippen molar-refractivity contribution in [3.05, 3.63) is 46.0 Å². The van der Waals surface area contributed by atoms with Crippen molar-refractivity contribution in [2.45, 2.75) is 12.5 Å². The van der Waals surface area contributed by atoms with Crippen molar-refractivity contribution in [3.8, 4) is 0 Å². The largest absolute Gasteiger partial charge is 0.361 e. The third kappa shape index (κ3) is 3.15. The summed E-state index contributed by atoms with van der Waals surface area (Å²) in [6.07, 6.45) is 4.02. The molecule has 0 aliphatic carbocycles. The molecule has 0 aliphatic heterocycles. The lowest BCUT2D eigenvalue weighted by molar-refractivity contribution is -0.117. The molecule has 0 spiro atoms.